The zero-order valence-corrected chi connectivity index (χ0v) is 15.6. The van der Waals surface area contributed by atoms with Crippen molar-refractivity contribution in [2.24, 2.45) is 7.05 Å². The van der Waals surface area contributed by atoms with Gasteiger partial charge < -0.3 is 14.5 Å². The highest BCUT2D eigenvalue weighted by molar-refractivity contribution is 5.94. The Bertz CT molecular complexity index is 796. The number of aryl methyl sites for hydroxylation is 1. The van der Waals surface area contributed by atoms with Gasteiger partial charge in [0.05, 0.1) is 29.8 Å². The van der Waals surface area contributed by atoms with E-state index in [-0.39, 0.29) is 18.1 Å². The number of nitrogens with zero attached hydrogens (tertiary/aromatic N) is 5. The van der Waals surface area contributed by atoms with Crippen molar-refractivity contribution in [1.82, 2.24) is 19.7 Å². The summed E-state index contributed by atoms with van der Waals surface area (Å²) in [5, 5.41) is 4.55. The first-order chi connectivity index (χ1) is 12.5. The Kier molecular flexibility index (Phi) is 4.40. The lowest BCUT2D eigenvalue weighted by atomic mass is 9.99. The molecular weight excluding hydrogens is 330 g/mol. The van der Waals surface area contributed by atoms with E-state index in [1.807, 2.05) is 42.7 Å². The van der Waals surface area contributed by atoms with Crippen LogP contribution in [0.2, 0.25) is 0 Å². The van der Waals surface area contributed by atoms with Crippen LogP contribution in [-0.4, -0.2) is 57.9 Å². The highest BCUT2D eigenvalue weighted by Gasteiger charge is 2.33. The summed E-state index contributed by atoms with van der Waals surface area (Å²) in [6, 6.07) is 4.00. The predicted octanol–water partition coefficient (Wildman–Crippen LogP) is 1.80. The number of pyridine rings is 1. The molecule has 1 amide bonds. The van der Waals surface area contributed by atoms with Crippen molar-refractivity contribution < 1.29 is 9.53 Å². The maximum absolute atomic E-state index is 13.1. The Morgan fingerprint density at radius 2 is 2.00 bits per heavy atom. The van der Waals surface area contributed by atoms with Gasteiger partial charge in [0, 0.05) is 51.4 Å². The van der Waals surface area contributed by atoms with Gasteiger partial charge in [0.25, 0.3) is 5.91 Å². The number of anilines is 1. The summed E-state index contributed by atoms with van der Waals surface area (Å²) in [4.78, 5) is 21.5. The van der Waals surface area contributed by atoms with E-state index in [1.54, 1.807) is 6.20 Å². The summed E-state index contributed by atoms with van der Waals surface area (Å²) in [6.07, 6.45) is 4.46. The lowest BCUT2D eigenvalue weighted by molar-refractivity contribution is -0.00906. The Morgan fingerprint density at radius 3 is 2.69 bits per heavy atom. The number of aromatic nitrogens is 3. The average molecular weight is 355 g/mol. The molecule has 0 aliphatic carbocycles. The molecule has 0 aromatic carbocycles. The van der Waals surface area contributed by atoms with Crippen molar-refractivity contribution in [3.63, 3.8) is 0 Å². The van der Waals surface area contributed by atoms with Gasteiger partial charge in [0.2, 0.25) is 0 Å². The maximum atomic E-state index is 13.1. The first-order valence-corrected chi connectivity index (χ1v) is 9.20. The van der Waals surface area contributed by atoms with Gasteiger partial charge in [0.1, 0.15) is 0 Å². The average Bonchev–Trinajstić information content (AvgIpc) is 2.98. The molecule has 2 aromatic rings. The molecule has 2 aliphatic rings. The van der Waals surface area contributed by atoms with Crippen molar-refractivity contribution in [1.29, 1.82) is 0 Å². The van der Waals surface area contributed by atoms with Crippen LogP contribution in [0.15, 0.2) is 24.5 Å². The van der Waals surface area contributed by atoms with Gasteiger partial charge in [-0.15, -0.1) is 0 Å². The molecule has 2 atom stereocenters. The molecule has 138 valence electrons. The minimum atomic E-state index is -0.0322. The zero-order valence-electron chi connectivity index (χ0n) is 15.6. The third-order valence-corrected chi connectivity index (χ3v) is 5.29. The first-order valence-electron chi connectivity index (χ1n) is 9.20. The lowest BCUT2D eigenvalue weighted by Crippen LogP contribution is -2.49. The molecule has 1 saturated heterocycles. The number of hydrogen-bond donors (Lipinski definition) is 0. The lowest BCUT2D eigenvalue weighted by Gasteiger charge is -2.36. The van der Waals surface area contributed by atoms with E-state index >= 15 is 0 Å². The molecule has 0 unspecified atom stereocenters. The Hall–Kier alpha value is -2.41. The smallest absolute Gasteiger partial charge is 0.274 e. The normalized spacial score (nSPS) is 23.0. The number of rotatable bonds is 2. The molecule has 7 nitrogen and oxygen atoms in total. The van der Waals surface area contributed by atoms with Crippen LogP contribution in [-0.2, 0) is 18.2 Å². The van der Waals surface area contributed by atoms with Crippen LogP contribution in [0.5, 0.6) is 0 Å². The topological polar surface area (TPSA) is 63.5 Å². The molecule has 26 heavy (non-hydrogen) atoms. The highest BCUT2D eigenvalue weighted by atomic mass is 16.5. The van der Waals surface area contributed by atoms with E-state index in [0.29, 0.717) is 18.8 Å². The van der Waals surface area contributed by atoms with Crippen LogP contribution in [0.1, 0.15) is 41.7 Å². The second kappa shape index (κ2) is 6.72. The van der Waals surface area contributed by atoms with E-state index in [9.17, 15) is 4.79 Å². The third kappa shape index (κ3) is 2.96. The van der Waals surface area contributed by atoms with Crippen LogP contribution in [0, 0.1) is 0 Å². The van der Waals surface area contributed by atoms with Gasteiger partial charge in [-0.05, 0) is 26.0 Å². The summed E-state index contributed by atoms with van der Waals surface area (Å²) in [6.45, 7) is 7.08. The molecule has 2 aliphatic heterocycles. The minimum Gasteiger partial charge on any atom is -0.369 e. The fraction of sp³-hybridized carbons (Fsp3) is 0.526. The number of ether oxygens (including phenoxy) is 1. The fourth-order valence-electron chi connectivity index (χ4n) is 4.07. The fourth-order valence-corrected chi connectivity index (χ4v) is 4.07. The largest absolute Gasteiger partial charge is 0.369 e. The van der Waals surface area contributed by atoms with Gasteiger partial charge in [-0.2, -0.15) is 5.10 Å². The Labute approximate surface area is 153 Å². The standard InChI is InChI=1S/C19H25N5O2/c1-13-11-16-17(21-22(3)18(16)14(2)26-13)19(25)24-9-7-23(8-10-24)15-5-4-6-20-12-15/h4-6,12-14H,7-11H2,1-3H3/t13-,14+/m1/s1. The van der Waals surface area contributed by atoms with Gasteiger partial charge in [-0.25, -0.2) is 0 Å². The number of piperazine rings is 1. The van der Waals surface area contributed by atoms with Crippen LogP contribution >= 0.6 is 0 Å². The molecule has 7 heteroatoms. The summed E-state index contributed by atoms with van der Waals surface area (Å²) in [7, 11) is 1.89. The molecule has 0 radical (unpaired) electrons. The van der Waals surface area contributed by atoms with Crippen molar-refractivity contribution in [3.8, 4) is 0 Å². The Morgan fingerprint density at radius 1 is 1.23 bits per heavy atom. The number of carbonyl (C=O) groups is 1. The molecule has 0 bridgehead atoms. The van der Waals surface area contributed by atoms with E-state index in [1.165, 1.54) is 0 Å². The van der Waals surface area contributed by atoms with Crippen LogP contribution in [0.3, 0.4) is 0 Å². The molecule has 0 N–H and O–H groups in total. The second-order valence-electron chi connectivity index (χ2n) is 7.12. The summed E-state index contributed by atoms with van der Waals surface area (Å²) in [5.74, 6) is 0.0361. The van der Waals surface area contributed by atoms with Crippen LogP contribution < -0.4 is 4.90 Å². The number of hydrogen-bond acceptors (Lipinski definition) is 5. The quantitative estimate of drug-likeness (QED) is 0.822. The summed E-state index contributed by atoms with van der Waals surface area (Å²) >= 11 is 0. The maximum Gasteiger partial charge on any atom is 0.274 e. The molecular formula is C19H25N5O2. The van der Waals surface area contributed by atoms with Crippen molar-refractivity contribution in [2.75, 3.05) is 31.1 Å². The predicted molar refractivity (Wildman–Crippen MR) is 98.2 cm³/mol. The van der Waals surface area contributed by atoms with E-state index in [2.05, 4.69) is 21.0 Å². The Balaban J connectivity index is 1.50. The number of amides is 1. The van der Waals surface area contributed by atoms with Crippen LogP contribution in [0.25, 0.3) is 0 Å². The van der Waals surface area contributed by atoms with Gasteiger partial charge in [0.15, 0.2) is 5.69 Å². The van der Waals surface area contributed by atoms with Gasteiger partial charge >= 0.3 is 0 Å². The molecule has 4 rings (SSSR count). The van der Waals surface area contributed by atoms with Crippen LogP contribution in [0.4, 0.5) is 5.69 Å². The molecule has 2 aromatic heterocycles. The first kappa shape index (κ1) is 17.0. The third-order valence-electron chi connectivity index (χ3n) is 5.29. The molecule has 4 heterocycles. The van der Waals surface area contributed by atoms with Gasteiger partial charge in [-0.1, -0.05) is 0 Å². The van der Waals surface area contributed by atoms with Crippen molar-refractivity contribution >= 4 is 11.6 Å². The van der Waals surface area contributed by atoms with Crippen molar-refractivity contribution in [2.45, 2.75) is 32.5 Å². The van der Waals surface area contributed by atoms with Crippen molar-refractivity contribution in [3.05, 3.63) is 41.5 Å². The minimum absolute atomic E-state index is 0.0322. The summed E-state index contributed by atoms with van der Waals surface area (Å²) in [5.41, 5.74) is 3.79. The number of carbonyl (C=O) groups excluding carboxylic acids is 1. The van der Waals surface area contributed by atoms with E-state index in [4.69, 9.17) is 4.74 Å². The number of fused-ring (bicyclic) bond motifs is 1. The molecule has 1 fully saturated rings. The molecule has 0 saturated carbocycles. The second-order valence-corrected chi connectivity index (χ2v) is 7.12. The highest BCUT2D eigenvalue weighted by Crippen LogP contribution is 2.32. The summed E-state index contributed by atoms with van der Waals surface area (Å²) < 4.78 is 7.71. The zero-order chi connectivity index (χ0) is 18.3. The molecule has 0 spiro atoms. The monoisotopic (exact) mass is 355 g/mol. The van der Waals surface area contributed by atoms with E-state index in [0.717, 1.165) is 36.5 Å². The van der Waals surface area contributed by atoms with Gasteiger partial charge in [-0.3, -0.25) is 14.5 Å². The van der Waals surface area contributed by atoms with E-state index < -0.39 is 0 Å². The SMILES string of the molecule is C[C@@H]1Cc2c(C(=O)N3CCN(c4cccnc4)CC3)nn(C)c2[C@H](C)O1.